The fourth-order valence-corrected chi connectivity index (χ4v) is 0.789. The summed E-state index contributed by atoms with van der Waals surface area (Å²) in [5.41, 5.74) is 0. The average molecular weight is 182 g/mol. The molecule has 1 aromatic rings. The quantitative estimate of drug-likeness (QED) is 0.487. The first kappa shape index (κ1) is 11.4. The number of aliphatic carboxylic acids is 1. The highest BCUT2D eigenvalue weighted by atomic mass is 16.4. The number of hydrogen-bond acceptors (Lipinski definition) is 2. The van der Waals surface area contributed by atoms with Crippen molar-refractivity contribution in [2.75, 3.05) is 0 Å². The van der Waals surface area contributed by atoms with E-state index in [2.05, 4.69) is 23.1 Å². The zero-order chi connectivity index (χ0) is 10.3. The Morgan fingerprint density at radius 2 is 2.38 bits per heavy atom. The Kier molecular flexibility index (Phi) is 5.27. The summed E-state index contributed by atoms with van der Waals surface area (Å²) in [7, 11) is 2.04. The van der Waals surface area contributed by atoms with Crippen LogP contribution in [0, 0.1) is 0 Å². The van der Waals surface area contributed by atoms with Gasteiger partial charge in [0.05, 0.1) is 13.0 Å². The number of carboxylic acids is 1. The van der Waals surface area contributed by atoms with Crippen molar-refractivity contribution < 1.29 is 14.5 Å². The number of aromatic nitrogens is 2. The molecule has 4 nitrogen and oxygen atoms in total. The maximum atomic E-state index is 9.14. The molecular formula is C9H14N2O2. The third-order valence-corrected chi connectivity index (χ3v) is 1.48. The summed E-state index contributed by atoms with van der Waals surface area (Å²) in [6.07, 6.45) is 5.75. The number of aryl methyl sites for hydroxylation is 2. The van der Waals surface area contributed by atoms with Crippen molar-refractivity contribution in [3.8, 4) is 0 Å². The second-order valence-electron chi connectivity index (χ2n) is 2.39. The van der Waals surface area contributed by atoms with E-state index in [1.54, 1.807) is 0 Å². The molecule has 4 heteroatoms. The molecule has 0 spiro atoms. The molecule has 0 aliphatic heterocycles. The molecule has 72 valence electrons. The summed E-state index contributed by atoms with van der Waals surface area (Å²) >= 11 is 0. The summed E-state index contributed by atoms with van der Waals surface area (Å²) in [6.45, 7) is 5.03. The van der Waals surface area contributed by atoms with Crippen LogP contribution in [-0.2, 0) is 18.3 Å². The van der Waals surface area contributed by atoms with E-state index in [-0.39, 0.29) is 0 Å². The molecule has 0 unspecified atom stereocenters. The standard InChI is InChI=1S/C6H10N2.C3H4O2/c1-3-6-7-4-5-8(6)2;1-2-3(4)5/h4-5H,3H2,1-2H3;2H,1H2,(H,4,5). The summed E-state index contributed by atoms with van der Waals surface area (Å²) in [4.78, 5) is 12.3. The van der Waals surface area contributed by atoms with E-state index >= 15 is 0 Å². The van der Waals surface area contributed by atoms with Crippen molar-refractivity contribution in [2.24, 2.45) is 7.05 Å². The van der Waals surface area contributed by atoms with E-state index in [0.29, 0.717) is 0 Å². The topological polar surface area (TPSA) is 59.8 Å². The van der Waals surface area contributed by atoms with Crippen LogP contribution in [0.5, 0.6) is 0 Å². The van der Waals surface area contributed by atoms with Gasteiger partial charge in [0.1, 0.15) is 12.4 Å². The Bertz CT molecular complexity index is 279. The number of carboxylic acid groups (broad SMARTS) is 1. The molecule has 1 heterocycles. The number of imidazole rings is 1. The van der Waals surface area contributed by atoms with Gasteiger partial charge in [0.25, 0.3) is 5.82 Å². The predicted molar refractivity (Wildman–Crippen MR) is 46.6 cm³/mol. The SMILES string of the molecule is C=CC(=O)[O-].CCc1[nH]cc[n+]1C. The van der Waals surface area contributed by atoms with Gasteiger partial charge in [0, 0.05) is 6.42 Å². The van der Waals surface area contributed by atoms with E-state index in [4.69, 9.17) is 9.90 Å². The van der Waals surface area contributed by atoms with Gasteiger partial charge in [-0.2, -0.15) is 0 Å². The van der Waals surface area contributed by atoms with E-state index in [1.165, 1.54) is 5.82 Å². The number of carbonyl (C=O) groups excluding carboxylic acids is 1. The van der Waals surface area contributed by atoms with E-state index in [0.717, 1.165) is 12.5 Å². The van der Waals surface area contributed by atoms with Crippen molar-refractivity contribution in [1.82, 2.24) is 4.98 Å². The van der Waals surface area contributed by atoms with Crippen molar-refractivity contribution in [1.29, 1.82) is 0 Å². The van der Waals surface area contributed by atoms with Crippen LogP contribution >= 0.6 is 0 Å². The van der Waals surface area contributed by atoms with Crippen molar-refractivity contribution >= 4 is 5.97 Å². The van der Waals surface area contributed by atoms with Gasteiger partial charge in [0.2, 0.25) is 0 Å². The minimum Gasteiger partial charge on any atom is -0.545 e. The fourth-order valence-electron chi connectivity index (χ4n) is 0.789. The first-order chi connectivity index (χ1) is 6.11. The Labute approximate surface area is 77.5 Å². The monoisotopic (exact) mass is 182 g/mol. The summed E-state index contributed by atoms with van der Waals surface area (Å²) in [6, 6.07) is 0. The summed E-state index contributed by atoms with van der Waals surface area (Å²) < 4.78 is 2.08. The van der Waals surface area contributed by atoms with Gasteiger partial charge in [-0.1, -0.05) is 13.5 Å². The highest BCUT2D eigenvalue weighted by molar-refractivity contribution is 5.76. The predicted octanol–water partition coefficient (Wildman–Crippen LogP) is -0.676. The summed E-state index contributed by atoms with van der Waals surface area (Å²) in [5, 5.41) is 9.14. The Balaban J connectivity index is 0.000000252. The number of nitrogens with one attached hydrogen (secondary N) is 1. The van der Waals surface area contributed by atoms with Gasteiger partial charge in [-0.3, -0.25) is 0 Å². The van der Waals surface area contributed by atoms with E-state index < -0.39 is 5.97 Å². The fraction of sp³-hybridized carbons (Fsp3) is 0.333. The van der Waals surface area contributed by atoms with Crippen LogP contribution < -0.4 is 9.67 Å². The maximum absolute atomic E-state index is 9.14. The molecule has 0 fully saturated rings. The van der Waals surface area contributed by atoms with Gasteiger partial charge in [0.15, 0.2) is 0 Å². The highest BCUT2D eigenvalue weighted by Crippen LogP contribution is 1.82. The lowest BCUT2D eigenvalue weighted by molar-refractivity contribution is -0.677. The van der Waals surface area contributed by atoms with Gasteiger partial charge >= 0.3 is 0 Å². The van der Waals surface area contributed by atoms with Crippen LogP contribution in [-0.4, -0.2) is 11.0 Å². The van der Waals surface area contributed by atoms with Gasteiger partial charge in [-0.25, -0.2) is 9.55 Å². The molecule has 0 aromatic carbocycles. The second kappa shape index (κ2) is 5.99. The Morgan fingerprint density at radius 3 is 2.54 bits per heavy atom. The molecule has 1 N–H and O–H groups in total. The van der Waals surface area contributed by atoms with Crippen LogP contribution in [0.25, 0.3) is 0 Å². The maximum Gasteiger partial charge on any atom is 0.253 e. The first-order valence-electron chi connectivity index (χ1n) is 3.97. The van der Waals surface area contributed by atoms with Crippen LogP contribution in [0.4, 0.5) is 0 Å². The minimum atomic E-state index is -1.23. The van der Waals surface area contributed by atoms with Gasteiger partial charge in [-0.15, -0.1) is 0 Å². The Morgan fingerprint density at radius 1 is 1.85 bits per heavy atom. The summed E-state index contributed by atoms with van der Waals surface area (Å²) in [5.74, 6) is 0.0370. The highest BCUT2D eigenvalue weighted by Gasteiger charge is 1.99. The van der Waals surface area contributed by atoms with Crippen molar-refractivity contribution in [3.63, 3.8) is 0 Å². The lowest BCUT2D eigenvalue weighted by Crippen LogP contribution is -2.29. The molecule has 0 saturated carbocycles. The molecule has 1 aromatic heterocycles. The lowest BCUT2D eigenvalue weighted by Gasteiger charge is -1.83. The normalized spacial score (nSPS) is 8.46. The molecule has 0 amide bonds. The number of carbonyl (C=O) groups is 1. The number of hydrogen-bond donors (Lipinski definition) is 1. The van der Waals surface area contributed by atoms with Gasteiger partial charge < -0.3 is 9.90 Å². The van der Waals surface area contributed by atoms with Crippen LogP contribution in [0.2, 0.25) is 0 Å². The number of H-pyrrole nitrogens is 1. The first-order valence-corrected chi connectivity index (χ1v) is 3.97. The molecule has 0 bridgehead atoms. The Hall–Kier alpha value is -1.58. The molecular weight excluding hydrogens is 168 g/mol. The van der Waals surface area contributed by atoms with E-state index in [1.807, 2.05) is 19.4 Å². The zero-order valence-electron chi connectivity index (χ0n) is 7.91. The number of aromatic amines is 1. The van der Waals surface area contributed by atoms with Crippen LogP contribution in [0.15, 0.2) is 25.0 Å². The molecule has 13 heavy (non-hydrogen) atoms. The molecule has 0 atom stereocenters. The van der Waals surface area contributed by atoms with Crippen LogP contribution in [0.1, 0.15) is 12.7 Å². The lowest BCUT2D eigenvalue weighted by atomic mass is 10.5. The molecule has 0 radical (unpaired) electrons. The molecule has 0 saturated heterocycles. The molecule has 0 aliphatic rings. The molecule has 0 aliphatic carbocycles. The third-order valence-electron chi connectivity index (χ3n) is 1.48. The smallest absolute Gasteiger partial charge is 0.253 e. The van der Waals surface area contributed by atoms with Crippen molar-refractivity contribution in [3.05, 3.63) is 30.9 Å². The molecule has 1 rings (SSSR count). The minimum absolute atomic E-state index is 0.722. The average Bonchev–Trinajstić information content (AvgIpc) is 2.52. The second-order valence-corrected chi connectivity index (χ2v) is 2.39. The third kappa shape index (κ3) is 4.79. The number of rotatable bonds is 2. The van der Waals surface area contributed by atoms with Gasteiger partial charge in [-0.05, 0) is 6.08 Å². The number of nitrogens with zero attached hydrogens (tertiary/aromatic N) is 1. The van der Waals surface area contributed by atoms with Crippen LogP contribution in [0.3, 0.4) is 0 Å². The van der Waals surface area contributed by atoms with E-state index in [9.17, 15) is 0 Å². The van der Waals surface area contributed by atoms with Crippen molar-refractivity contribution in [2.45, 2.75) is 13.3 Å². The largest absolute Gasteiger partial charge is 0.545 e. The zero-order valence-corrected chi connectivity index (χ0v) is 7.91.